The summed E-state index contributed by atoms with van der Waals surface area (Å²) in [7, 11) is 3.62. The lowest BCUT2D eigenvalue weighted by Crippen LogP contribution is -2.39. The average Bonchev–Trinajstić information content (AvgIpc) is 2.96. The Balaban J connectivity index is 1.92. The number of carbonyl (C=O) groups is 1. The molecule has 1 aromatic heterocycles. The first-order valence-corrected chi connectivity index (χ1v) is 7.82. The quantitative estimate of drug-likeness (QED) is 0.844. The average molecular weight is 322 g/mol. The summed E-state index contributed by atoms with van der Waals surface area (Å²) >= 11 is 0. The van der Waals surface area contributed by atoms with Crippen molar-refractivity contribution in [2.45, 2.75) is 45.4 Å². The number of ether oxygens (including phenoxy) is 2. The molecule has 0 spiro atoms. The van der Waals surface area contributed by atoms with Crippen LogP contribution in [-0.4, -0.2) is 64.8 Å². The lowest BCUT2D eigenvalue weighted by Gasteiger charge is -2.26. The fourth-order valence-electron chi connectivity index (χ4n) is 2.59. The lowest BCUT2D eigenvalue weighted by molar-refractivity contribution is 0.0282. The molecule has 128 valence electrons. The number of methoxy groups -OCH3 is 1. The van der Waals surface area contributed by atoms with E-state index >= 15 is 0 Å². The highest BCUT2D eigenvalue weighted by Gasteiger charge is 2.32. The number of likely N-dealkylation sites (N-methyl/N-ethyl adjacent to an activating group) is 1. The Labute approximate surface area is 137 Å². The predicted molar refractivity (Wildman–Crippen MR) is 86.3 cm³/mol. The van der Waals surface area contributed by atoms with E-state index in [1.54, 1.807) is 24.4 Å². The van der Waals surface area contributed by atoms with Crippen LogP contribution in [0.3, 0.4) is 0 Å². The van der Waals surface area contributed by atoms with Crippen molar-refractivity contribution in [1.29, 1.82) is 0 Å². The minimum absolute atomic E-state index is 0.245. The molecule has 1 aliphatic heterocycles. The van der Waals surface area contributed by atoms with Crippen molar-refractivity contribution in [3.63, 3.8) is 0 Å². The molecule has 0 saturated carbocycles. The molecule has 0 radical (unpaired) electrons. The Hall–Kier alpha value is -1.89. The highest BCUT2D eigenvalue weighted by molar-refractivity contribution is 5.68. The minimum Gasteiger partial charge on any atom is -0.480 e. The number of hydrogen-bond donors (Lipinski definition) is 0. The zero-order valence-electron chi connectivity index (χ0n) is 14.6. The minimum atomic E-state index is -0.464. The van der Waals surface area contributed by atoms with Crippen molar-refractivity contribution >= 4 is 6.09 Å². The number of carbonyl (C=O) groups excluding carboxylic acids is 1. The molecule has 1 saturated heterocycles. The van der Waals surface area contributed by atoms with Gasteiger partial charge < -0.3 is 14.4 Å². The van der Waals surface area contributed by atoms with Gasteiger partial charge in [-0.05, 0) is 34.2 Å². The van der Waals surface area contributed by atoms with E-state index in [1.165, 1.54) is 0 Å². The smallest absolute Gasteiger partial charge is 0.410 e. The van der Waals surface area contributed by atoms with Gasteiger partial charge >= 0.3 is 6.09 Å². The van der Waals surface area contributed by atoms with Gasteiger partial charge in [0.2, 0.25) is 5.88 Å². The maximum atomic E-state index is 12.1. The van der Waals surface area contributed by atoms with Gasteiger partial charge in [-0.15, -0.1) is 0 Å². The molecule has 23 heavy (non-hydrogen) atoms. The number of likely N-dealkylation sites (tertiary alicyclic amines) is 1. The molecule has 7 heteroatoms. The van der Waals surface area contributed by atoms with Gasteiger partial charge in [-0.1, -0.05) is 0 Å². The molecule has 1 fully saturated rings. The van der Waals surface area contributed by atoms with Crippen molar-refractivity contribution in [1.82, 2.24) is 19.8 Å². The first kappa shape index (κ1) is 17.5. The second-order valence-corrected chi connectivity index (χ2v) is 6.80. The molecule has 2 heterocycles. The van der Waals surface area contributed by atoms with Gasteiger partial charge in [-0.25, -0.2) is 9.78 Å². The highest BCUT2D eigenvalue weighted by atomic mass is 16.6. The zero-order valence-corrected chi connectivity index (χ0v) is 14.6. The van der Waals surface area contributed by atoms with Crippen LogP contribution in [0.25, 0.3) is 0 Å². The molecule has 2 rings (SSSR count). The fourth-order valence-corrected chi connectivity index (χ4v) is 2.59. The molecule has 1 atom stereocenters. The molecule has 0 bridgehead atoms. The summed E-state index contributed by atoms with van der Waals surface area (Å²) in [5, 5.41) is 0. The Bertz CT molecular complexity index is 544. The van der Waals surface area contributed by atoms with E-state index in [-0.39, 0.29) is 12.1 Å². The van der Waals surface area contributed by atoms with E-state index in [0.717, 1.165) is 12.1 Å². The molecular formula is C16H26N4O3. The van der Waals surface area contributed by atoms with Crippen molar-refractivity contribution in [3.8, 4) is 5.88 Å². The molecule has 1 aliphatic rings. The van der Waals surface area contributed by atoms with Crippen LogP contribution in [0.4, 0.5) is 4.79 Å². The monoisotopic (exact) mass is 322 g/mol. The van der Waals surface area contributed by atoms with Gasteiger partial charge in [0.05, 0.1) is 7.11 Å². The molecule has 0 aromatic carbocycles. The largest absolute Gasteiger partial charge is 0.480 e. The van der Waals surface area contributed by atoms with Crippen LogP contribution in [-0.2, 0) is 11.3 Å². The number of amides is 1. The Kier molecular flexibility index (Phi) is 5.41. The molecule has 0 aliphatic carbocycles. The molecule has 1 amide bonds. The number of rotatable bonds is 4. The van der Waals surface area contributed by atoms with Gasteiger partial charge in [0.25, 0.3) is 0 Å². The van der Waals surface area contributed by atoms with E-state index in [1.807, 2.05) is 27.8 Å². The summed E-state index contributed by atoms with van der Waals surface area (Å²) in [6.07, 6.45) is 3.94. The molecule has 7 nitrogen and oxygen atoms in total. The maximum absolute atomic E-state index is 12.1. The van der Waals surface area contributed by atoms with Gasteiger partial charge in [0, 0.05) is 38.1 Å². The number of aromatic nitrogens is 2. The summed E-state index contributed by atoms with van der Waals surface area (Å²) < 4.78 is 10.7. The van der Waals surface area contributed by atoms with Crippen LogP contribution in [0.5, 0.6) is 5.88 Å². The van der Waals surface area contributed by atoms with Gasteiger partial charge in [-0.3, -0.25) is 9.88 Å². The summed E-state index contributed by atoms with van der Waals surface area (Å²) in [5.41, 5.74) is 0.335. The van der Waals surface area contributed by atoms with Crippen LogP contribution in [0.2, 0.25) is 0 Å². The topological polar surface area (TPSA) is 67.8 Å². The third-order valence-corrected chi connectivity index (χ3v) is 3.77. The van der Waals surface area contributed by atoms with E-state index in [9.17, 15) is 4.79 Å². The van der Waals surface area contributed by atoms with E-state index in [0.29, 0.717) is 25.5 Å². The third-order valence-electron chi connectivity index (χ3n) is 3.77. The van der Waals surface area contributed by atoms with E-state index in [2.05, 4.69) is 14.9 Å². The maximum Gasteiger partial charge on any atom is 0.410 e. The van der Waals surface area contributed by atoms with Crippen LogP contribution >= 0.6 is 0 Å². The first-order valence-electron chi connectivity index (χ1n) is 7.82. The second kappa shape index (κ2) is 7.12. The van der Waals surface area contributed by atoms with E-state index < -0.39 is 5.60 Å². The van der Waals surface area contributed by atoms with E-state index in [4.69, 9.17) is 9.47 Å². The molecule has 1 aromatic rings. The normalized spacial score (nSPS) is 18.3. The van der Waals surface area contributed by atoms with Crippen LogP contribution in [0, 0.1) is 0 Å². The molecular weight excluding hydrogens is 296 g/mol. The summed E-state index contributed by atoms with van der Waals surface area (Å²) in [4.78, 5) is 24.6. The van der Waals surface area contributed by atoms with Crippen molar-refractivity contribution in [2.75, 3.05) is 27.2 Å². The van der Waals surface area contributed by atoms with Gasteiger partial charge in [0.1, 0.15) is 11.3 Å². The SMILES string of the molecule is COc1nccnc1CN(C)[C@H]1CCN(C(=O)OC(C)(C)C)C1. The Morgan fingerprint density at radius 1 is 1.39 bits per heavy atom. The highest BCUT2D eigenvalue weighted by Crippen LogP contribution is 2.21. The van der Waals surface area contributed by atoms with Crippen molar-refractivity contribution in [2.24, 2.45) is 0 Å². The zero-order chi connectivity index (χ0) is 17.0. The summed E-state index contributed by atoms with van der Waals surface area (Å²) in [6, 6.07) is 0.272. The lowest BCUT2D eigenvalue weighted by atomic mass is 10.2. The molecule has 0 N–H and O–H groups in total. The van der Waals surface area contributed by atoms with Crippen LogP contribution in [0.15, 0.2) is 12.4 Å². The van der Waals surface area contributed by atoms with Crippen molar-refractivity contribution < 1.29 is 14.3 Å². The Morgan fingerprint density at radius 3 is 2.74 bits per heavy atom. The standard InChI is InChI=1S/C16H26N4O3/c1-16(2,3)23-15(21)20-9-6-12(10-20)19(4)11-13-14(22-5)18-8-7-17-13/h7-8,12H,6,9-11H2,1-5H3/t12-/m0/s1. The summed E-state index contributed by atoms with van der Waals surface area (Å²) in [5.74, 6) is 0.543. The van der Waals surface area contributed by atoms with Crippen LogP contribution < -0.4 is 4.74 Å². The third kappa shape index (κ3) is 4.79. The van der Waals surface area contributed by atoms with Gasteiger partial charge in [0.15, 0.2) is 0 Å². The predicted octanol–water partition coefficient (Wildman–Crippen LogP) is 1.93. The van der Waals surface area contributed by atoms with Gasteiger partial charge in [-0.2, -0.15) is 0 Å². The van der Waals surface area contributed by atoms with Crippen LogP contribution in [0.1, 0.15) is 32.9 Å². The first-order chi connectivity index (χ1) is 10.8. The second-order valence-electron chi connectivity index (χ2n) is 6.80. The number of nitrogens with zero attached hydrogens (tertiary/aromatic N) is 4. The summed E-state index contributed by atoms with van der Waals surface area (Å²) in [6.45, 7) is 7.64. The van der Waals surface area contributed by atoms with Crippen molar-refractivity contribution in [3.05, 3.63) is 18.1 Å². The number of hydrogen-bond acceptors (Lipinski definition) is 6. The fraction of sp³-hybridized carbons (Fsp3) is 0.688. The molecule has 0 unspecified atom stereocenters. The Morgan fingerprint density at radius 2 is 2.09 bits per heavy atom.